The summed E-state index contributed by atoms with van der Waals surface area (Å²) >= 11 is 1.91. The zero-order valence-corrected chi connectivity index (χ0v) is 12.1. The minimum Gasteiger partial charge on any atom is -0.327 e. The van der Waals surface area contributed by atoms with Crippen LogP contribution in [0.2, 0.25) is 0 Å². The van der Waals surface area contributed by atoms with E-state index in [4.69, 9.17) is 5.73 Å². The number of fused-ring (bicyclic) bond motifs is 1. The van der Waals surface area contributed by atoms with Crippen molar-refractivity contribution in [1.82, 2.24) is 9.78 Å². The van der Waals surface area contributed by atoms with Gasteiger partial charge < -0.3 is 5.73 Å². The zero-order valence-electron chi connectivity index (χ0n) is 11.3. The van der Waals surface area contributed by atoms with Gasteiger partial charge in [0.05, 0.1) is 11.2 Å². The average molecular weight is 263 g/mol. The molecule has 1 aromatic heterocycles. The summed E-state index contributed by atoms with van der Waals surface area (Å²) in [6, 6.07) is 8.50. The summed E-state index contributed by atoms with van der Waals surface area (Å²) in [4.78, 5) is 0. The summed E-state index contributed by atoms with van der Waals surface area (Å²) in [6.07, 6.45) is 0.848. The molecule has 98 valence electrons. The average Bonchev–Trinajstić information content (AvgIpc) is 2.65. The molecule has 0 saturated carbocycles. The van der Waals surface area contributed by atoms with E-state index in [-0.39, 0.29) is 6.04 Å². The monoisotopic (exact) mass is 263 g/mol. The molecule has 1 aromatic carbocycles. The lowest BCUT2D eigenvalue weighted by Crippen LogP contribution is -2.26. The molecule has 0 aliphatic carbocycles. The SMILES string of the molecule is CC(C)SCC(N)Cc1nn(C)c2ccccc12. The van der Waals surface area contributed by atoms with Crippen LogP contribution in [0.3, 0.4) is 0 Å². The molecule has 3 nitrogen and oxygen atoms in total. The highest BCUT2D eigenvalue weighted by atomic mass is 32.2. The number of benzene rings is 1. The Kier molecular flexibility index (Phi) is 4.30. The van der Waals surface area contributed by atoms with E-state index in [1.807, 2.05) is 29.6 Å². The first-order valence-corrected chi connectivity index (χ1v) is 7.40. The third kappa shape index (κ3) is 3.06. The van der Waals surface area contributed by atoms with Crippen LogP contribution in [-0.4, -0.2) is 26.8 Å². The van der Waals surface area contributed by atoms with E-state index in [2.05, 4.69) is 37.1 Å². The van der Waals surface area contributed by atoms with E-state index >= 15 is 0 Å². The fraction of sp³-hybridized carbons (Fsp3) is 0.500. The minimum absolute atomic E-state index is 0.177. The van der Waals surface area contributed by atoms with Gasteiger partial charge in [-0.2, -0.15) is 16.9 Å². The summed E-state index contributed by atoms with van der Waals surface area (Å²) in [5.41, 5.74) is 8.48. The van der Waals surface area contributed by atoms with Crippen LogP contribution in [0, 0.1) is 0 Å². The molecule has 0 radical (unpaired) electrons. The van der Waals surface area contributed by atoms with Crippen LogP contribution < -0.4 is 5.73 Å². The van der Waals surface area contributed by atoms with E-state index in [1.165, 1.54) is 10.9 Å². The Morgan fingerprint density at radius 3 is 2.78 bits per heavy atom. The van der Waals surface area contributed by atoms with E-state index in [9.17, 15) is 0 Å². The Morgan fingerprint density at radius 2 is 2.06 bits per heavy atom. The number of aromatic nitrogens is 2. The number of para-hydroxylation sites is 1. The summed E-state index contributed by atoms with van der Waals surface area (Å²) in [6.45, 7) is 4.40. The first kappa shape index (κ1) is 13.4. The molecule has 0 saturated heterocycles. The summed E-state index contributed by atoms with van der Waals surface area (Å²) < 4.78 is 1.94. The van der Waals surface area contributed by atoms with Gasteiger partial charge in [-0.1, -0.05) is 32.0 Å². The lowest BCUT2D eigenvalue weighted by molar-refractivity contribution is 0.699. The smallest absolute Gasteiger partial charge is 0.0718 e. The fourth-order valence-corrected chi connectivity index (χ4v) is 2.81. The highest BCUT2D eigenvalue weighted by Gasteiger charge is 2.12. The molecule has 0 aliphatic heterocycles. The number of rotatable bonds is 5. The van der Waals surface area contributed by atoms with Gasteiger partial charge in [-0.05, 0) is 11.3 Å². The maximum Gasteiger partial charge on any atom is 0.0718 e. The van der Waals surface area contributed by atoms with Crippen molar-refractivity contribution in [2.24, 2.45) is 12.8 Å². The van der Waals surface area contributed by atoms with Crippen LogP contribution in [0.1, 0.15) is 19.5 Å². The number of nitrogens with two attached hydrogens (primary N) is 1. The van der Waals surface area contributed by atoms with Gasteiger partial charge in [0.25, 0.3) is 0 Å². The van der Waals surface area contributed by atoms with Gasteiger partial charge in [0.2, 0.25) is 0 Å². The topological polar surface area (TPSA) is 43.8 Å². The van der Waals surface area contributed by atoms with Gasteiger partial charge in [-0.3, -0.25) is 4.68 Å². The maximum absolute atomic E-state index is 6.18. The normalized spacial score (nSPS) is 13.4. The first-order chi connectivity index (χ1) is 8.58. The van der Waals surface area contributed by atoms with Gasteiger partial charge in [0, 0.05) is 30.6 Å². The number of thioether (sulfide) groups is 1. The van der Waals surface area contributed by atoms with Crippen molar-refractivity contribution in [2.75, 3.05) is 5.75 Å². The molecule has 18 heavy (non-hydrogen) atoms. The molecular formula is C14H21N3S. The predicted molar refractivity (Wildman–Crippen MR) is 80.0 cm³/mol. The van der Waals surface area contributed by atoms with Crippen LogP contribution in [0.25, 0.3) is 10.9 Å². The second kappa shape index (κ2) is 5.76. The molecule has 1 heterocycles. The van der Waals surface area contributed by atoms with E-state index in [0.29, 0.717) is 5.25 Å². The highest BCUT2D eigenvalue weighted by Crippen LogP contribution is 2.19. The number of hydrogen-bond acceptors (Lipinski definition) is 3. The van der Waals surface area contributed by atoms with Crippen molar-refractivity contribution in [3.05, 3.63) is 30.0 Å². The van der Waals surface area contributed by atoms with Gasteiger partial charge in [0.1, 0.15) is 0 Å². The van der Waals surface area contributed by atoms with Gasteiger partial charge >= 0.3 is 0 Å². The third-order valence-electron chi connectivity index (χ3n) is 2.93. The number of hydrogen-bond donors (Lipinski definition) is 1. The lowest BCUT2D eigenvalue weighted by atomic mass is 10.1. The summed E-state index contributed by atoms with van der Waals surface area (Å²) in [5, 5.41) is 6.45. The number of aryl methyl sites for hydroxylation is 1. The fourth-order valence-electron chi connectivity index (χ4n) is 2.06. The lowest BCUT2D eigenvalue weighted by Gasteiger charge is -2.11. The van der Waals surface area contributed by atoms with Crippen LogP contribution in [0.4, 0.5) is 0 Å². The third-order valence-corrected chi connectivity index (χ3v) is 4.22. The molecule has 2 aromatic rings. The Balaban J connectivity index is 2.12. The maximum atomic E-state index is 6.18. The quantitative estimate of drug-likeness (QED) is 0.901. The molecule has 0 fully saturated rings. The summed E-state index contributed by atoms with van der Waals surface area (Å²) in [5.74, 6) is 0.989. The van der Waals surface area contributed by atoms with E-state index in [0.717, 1.165) is 17.9 Å². The van der Waals surface area contributed by atoms with Gasteiger partial charge in [-0.25, -0.2) is 0 Å². The molecule has 0 spiro atoms. The van der Waals surface area contributed by atoms with Crippen LogP contribution in [-0.2, 0) is 13.5 Å². The Bertz CT molecular complexity index is 519. The second-order valence-electron chi connectivity index (χ2n) is 4.93. The highest BCUT2D eigenvalue weighted by molar-refractivity contribution is 7.99. The summed E-state index contributed by atoms with van der Waals surface area (Å²) in [7, 11) is 1.99. The second-order valence-corrected chi connectivity index (χ2v) is 6.54. The van der Waals surface area contributed by atoms with Crippen molar-refractivity contribution >= 4 is 22.7 Å². The molecular weight excluding hydrogens is 242 g/mol. The molecule has 2 N–H and O–H groups in total. The molecule has 2 rings (SSSR count). The van der Waals surface area contributed by atoms with Crippen molar-refractivity contribution < 1.29 is 0 Å². The standard InChI is InChI=1S/C14H21N3S/c1-10(2)18-9-11(15)8-13-12-6-4-5-7-14(12)17(3)16-13/h4-7,10-11H,8-9,15H2,1-3H3. The molecule has 1 unspecified atom stereocenters. The van der Waals surface area contributed by atoms with Crippen molar-refractivity contribution in [3.8, 4) is 0 Å². The number of nitrogens with zero attached hydrogens (tertiary/aromatic N) is 2. The molecule has 0 amide bonds. The van der Waals surface area contributed by atoms with Gasteiger partial charge in [-0.15, -0.1) is 0 Å². The molecule has 1 atom stereocenters. The largest absolute Gasteiger partial charge is 0.327 e. The van der Waals surface area contributed by atoms with E-state index < -0.39 is 0 Å². The minimum atomic E-state index is 0.177. The first-order valence-electron chi connectivity index (χ1n) is 6.35. The van der Waals surface area contributed by atoms with Crippen molar-refractivity contribution in [1.29, 1.82) is 0 Å². The zero-order chi connectivity index (χ0) is 13.1. The Labute approximate surface area is 113 Å². The van der Waals surface area contributed by atoms with Crippen LogP contribution in [0.5, 0.6) is 0 Å². The van der Waals surface area contributed by atoms with Crippen LogP contribution >= 0.6 is 11.8 Å². The predicted octanol–water partition coefficient (Wildman–Crippen LogP) is 2.58. The van der Waals surface area contributed by atoms with E-state index in [1.54, 1.807) is 0 Å². The Morgan fingerprint density at radius 1 is 1.33 bits per heavy atom. The molecule has 4 heteroatoms. The molecule has 0 aliphatic rings. The molecule has 0 bridgehead atoms. The van der Waals surface area contributed by atoms with Crippen LogP contribution in [0.15, 0.2) is 24.3 Å². The van der Waals surface area contributed by atoms with Crippen molar-refractivity contribution in [3.63, 3.8) is 0 Å². The van der Waals surface area contributed by atoms with Crippen molar-refractivity contribution in [2.45, 2.75) is 31.6 Å². The van der Waals surface area contributed by atoms with Gasteiger partial charge in [0.15, 0.2) is 0 Å². The Hall–Kier alpha value is -1.00.